The number of methoxy groups -OCH3 is 1. The van der Waals surface area contributed by atoms with Crippen molar-refractivity contribution in [2.75, 3.05) is 33.4 Å². The molecule has 0 saturated carbocycles. The van der Waals surface area contributed by atoms with Crippen LogP contribution in [0.1, 0.15) is 17.2 Å². The number of pyridine rings is 1. The Morgan fingerprint density at radius 1 is 1.23 bits per heavy atom. The van der Waals surface area contributed by atoms with Gasteiger partial charge in [0.05, 0.1) is 13.7 Å². The number of amides is 1. The summed E-state index contributed by atoms with van der Waals surface area (Å²) in [6.07, 6.45) is 1.82. The second-order valence-electron chi connectivity index (χ2n) is 6.61. The fraction of sp³-hybridized carbons (Fsp3) is 0.400. The molecular weight excluding hydrogens is 330 g/mol. The third-order valence-corrected chi connectivity index (χ3v) is 4.75. The maximum absolute atomic E-state index is 11.0. The minimum atomic E-state index is -0.441. The normalized spacial score (nSPS) is 20.2. The third-order valence-electron chi connectivity index (χ3n) is 4.75. The monoisotopic (exact) mass is 355 g/mol. The van der Waals surface area contributed by atoms with Gasteiger partial charge in [0.25, 0.3) is 0 Å². The zero-order chi connectivity index (χ0) is 18.4. The van der Waals surface area contributed by atoms with Gasteiger partial charge in [-0.2, -0.15) is 0 Å². The molecular formula is C20H25N3O3. The van der Waals surface area contributed by atoms with Crippen LogP contribution in [0.4, 0.5) is 0 Å². The summed E-state index contributed by atoms with van der Waals surface area (Å²) < 4.78 is 11.0. The molecule has 1 aromatic carbocycles. The van der Waals surface area contributed by atoms with E-state index in [9.17, 15) is 4.79 Å². The fourth-order valence-corrected chi connectivity index (χ4v) is 3.57. The highest BCUT2D eigenvalue weighted by Crippen LogP contribution is 2.33. The van der Waals surface area contributed by atoms with Gasteiger partial charge in [0, 0.05) is 48.9 Å². The Bertz CT molecular complexity index is 723. The minimum absolute atomic E-state index is 0.0437. The molecule has 1 saturated heterocycles. The molecule has 3 rings (SSSR count). The molecule has 2 N–H and O–H groups in total. The lowest BCUT2D eigenvalue weighted by molar-refractivity contribution is -0.122. The summed E-state index contributed by atoms with van der Waals surface area (Å²) in [6.45, 7) is 3.02. The number of primary amides is 1. The zero-order valence-electron chi connectivity index (χ0n) is 15.0. The van der Waals surface area contributed by atoms with Crippen LogP contribution >= 0.6 is 0 Å². The number of likely N-dealkylation sites (tertiary alicyclic amines) is 1. The number of carbonyl (C=O) groups is 1. The Hall–Kier alpha value is -2.44. The zero-order valence-corrected chi connectivity index (χ0v) is 15.0. The molecule has 138 valence electrons. The Kier molecular flexibility index (Phi) is 6.20. The van der Waals surface area contributed by atoms with Gasteiger partial charge in [-0.15, -0.1) is 0 Å². The van der Waals surface area contributed by atoms with Crippen LogP contribution < -0.4 is 10.5 Å². The van der Waals surface area contributed by atoms with Crippen LogP contribution in [0.15, 0.2) is 48.7 Å². The van der Waals surface area contributed by atoms with Gasteiger partial charge < -0.3 is 15.2 Å². The molecule has 26 heavy (non-hydrogen) atoms. The number of carbonyl (C=O) groups excluding carboxylic acids is 1. The van der Waals surface area contributed by atoms with Gasteiger partial charge in [-0.25, -0.2) is 0 Å². The van der Waals surface area contributed by atoms with E-state index in [4.69, 9.17) is 15.2 Å². The number of ether oxygens (including phenoxy) is 2. The largest absolute Gasteiger partial charge is 0.496 e. The van der Waals surface area contributed by atoms with Crippen molar-refractivity contribution in [2.45, 2.75) is 12.5 Å². The molecule has 6 nitrogen and oxygen atoms in total. The molecule has 0 aliphatic carbocycles. The lowest BCUT2D eigenvalue weighted by Gasteiger charge is -2.17. The lowest BCUT2D eigenvalue weighted by Crippen LogP contribution is -2.24. The quantitative estimate of drug-likeness (QED) is 0.781. The van der Waals surface area contributed by atoms with Crippen LogP contribution in [0.25, 0.3) is 0 Å². The highest BCUT2D eigenvalue weighted by molar-refractivity contribution is 5.74. The Balaban J connectivity index is 1.71. The van der Waals surface area contributed by atoms with Crippen LogP contribution in [0.2, 0.25) is 0 Å². The van der Waals surface area contributed by atoms with E-state index < -0.39 is 5.91 Å². The van der Waals surface area contributed by atoms with Crippen molar-refractivity contribution in [3.05, 3.63) is 59.9 Å². The molecule has 6 heteroatoms. The van der Waals surface area contributed by atoms with Crippen molar-refractivity contribution >= 4 is 5.91 Å². The third kappa shape index (κ3) is 4.59. The molecule has 1 aliphatic rings. The molecule has 0 bridgehead atoms. The smallest absolute Gasteiger partial charge is 0.243 e. The van der Waals surface area contributed by atoms with E-state index in [1.165, 1.54) is 0 Å². The molecule has 1 aromatic heterocycles. The van der Waals surface area contributed by atoms with Crippen LogP contribution in [0.3, 0.4) is 0 Å². The summed E-state index contributed by atoms with van der Waals surface area (Å²) in [5, 5.41) is 0. The summed E-state index contributed by atoms with van der Waals surface area (Å²) in [4.78, 5) is 17.9. The molecule has 2 heterocycles. The standard InChI is InChI=1S/C20H25N3O3/c1-25-19-8-3-2-6-15(19)10-23-11-16(13-26-14-20(21)24)17(12-23)18-7-4-5-9-22-18/h2-9,16-17H,10-14H2,1H3,(H2,21,24). The van der Waals surface area contributed by atoms with Crippen molar-refractivity contribution in [3.8, 4) is 5.75 Å². The van der Waals surface area contributed by atoms with Crippen molar-refractivity contribution < 1.29 is 14.3 Å². The van der Waals surface area contributed by atoms with Crippen molar-refractivity contribution in [2.24, 2.45) is 11.7 Å². The predicted octanol–water partition coefficient (Wildman–Crippen LogP) is 1.81. The molecule has 0 radical (unpaired) electrons. The Morgan fingerprint density at radius 2 is 2.04 bits per heavy atom. The predicted molar refractivity (Wildman–Crippen MR) is 98.8 cm³/mol. The second-order valence-corrected chi connectivity index (χ2v) is 6.61. The molecule has 1 fully saturated rings. The summed E-state index contributed by atoms with van der Waals surface area (Å²) in [7, 11) is 1.69. The van der Waals surface area contributed by atoms with Gasteiger partial charge in [0.2, 0.25) is 5.91 Å². The van der Waals surface area contributed by atoms with Crippen molar-refractivity contribution in [3.63, 3.8) is 0 Å². The SMILES string of the molecule is COc1ccccc1CN1CC(COCC(N)=O)C(c2ccccn2)C1. The first-order chi connectivity index (χ1) is 12.7. The maximum Gasteiger partial charge on any atom is 0.243 e. The van der Waals surface area contributed by atoms with Crippen LogP contribution in [0.5, 0.6) is 5.75 Å². The van der Waals surface area contributed by atoms with E-state index in [0.29, 0.717) is 6.61 Å². The number of nitrogens with zero attached hydrogens (tertiary/aromatic N) is 2. The first kappa shape index (κ1) is 18.4. The number of aromatic nitrogens is 1. The summed E-state index contributed by atoms with van der Waals surface area (Å²) >= 11 is 0. The van der Waals surface area contributed by atoms with E-state index in [2.05, 4.69) is 22.0 Å². The summed E-state index contributed by atoms with van der Waals surface area (Å²) in [5.41, 5.74) is 7.40. The Labute approximate surface area is 153 Å². The van der Waals surface area contributed by atoms with Gasteiger partial charge in [-0.3, -0.25) is 14.7 Å². The van der Waals surface area contributed by atoms with Gasteiger partial charge in [-0.1, -0.05) is 24.3 Å². The van der Waals surface area contributed by atoms with E-state index in [0.717, 1.165) is 36.6 Å². The lowest BCUT2D eigenvalue weighted by atomic mass is 9.93. The molecule has 1 aliphatic heterocycles. The van der Waals surface area contributed by atoms with Gasteiger partial charge >= 0.3 is 0 Å². The molecule has 2 unspecified atom stereocenters. The number of benzene rings is 1. The molecule has 1 amide bonds. The summed E-state index contributed by atoms with van der Waals surface area (Å²) in [5.74, 6) is 0.983. The average Bonchev–Trinajstić information content (AvgIpc) is 3.05. The maximum atomic E-state index is 11.0. The van der Waals surface area contributed by atoms with E-state index in [1.54, 1.807) is 7.11 Å². The van der Waals surface area contributed by atoms with E-state index >= 15 is 0 Å². The number of nitrogens with two attached hydrogens (primary N) is 1. The number of para-hydroxylation sites is 1. The molecule has 2 aromatic rings. The van der Waals surface area contributed by atoms with E-state index in [1.807, 2.05) is 36.5 Å². The second kappa shape index (κ2) is 8.78. The molecule has 2 atom stereocenters. The number of hydrogen-bond acceptors (Lipinski definition) is 5. The highest BCUT2D eigenvalue weighted by Gasteiger charge is 2.35. The van der Waals surface area contributed by atoms with Crippen LogP contribution in [-0.2, 0) is 16.1 Å². The van der Waals surface area contributed by atoms with E-state index in [-0.39, 0.29) is 18.4 Å². The van der Waals surface area contributed by atoms with Gasteiger partial charge in [0.15, 0.2) is 0 Å². The average molecular weight is 355 g/mol. The van der Waals surface area contributed by atoms with Crippen LogP contribution in [0, 0.1) is 5.92 Å². The Morgan fingerprint density at radius 3 is 2.77 bits per heavy atom. The first-order valence-corrected chi connectivity index (χ1v) is 8.78. The first-order valence-electron chi connectivity index (χ1n) is 8.78. The minimum Gasteiger partial charge on any atom is -0.496 e. The van der Waals surface area contributed by atoms with Gasteiger partial charge in [0.1, 0.15) is 12.4 Å². The summed E-state index contributed by atoms with van der Waals surface area (Å²) in [6, 6.07) is 14.1. The highest BCUT2D eigenvalue weighted by atomic mass is 16.5. The molecule has 0 spiro atoms. The van der Waals surface area contributed by atoms with Gasteiger partial charge in [-0.05, 0) is 18.2 Å². The van der Waals surface area contributed by atoms with Crippen LogP contribution in [-0.4, -0.2) is 49.2 Å². The topological polar surface area (TPSA) is 77.7 Å². The number of hydrogen-bond donors (Lipinski definition) is 1. The van der Waals surface area contributed by atoms with Crippen molar-refractivity contribution in [1.29, 1.82) is 0 Å². The fourth-order valence-electron chi connectivity index (χ4n) is 3.57. The number of rotatable bonds is 8. The van der Waals surface area contributed by atoms with Crippen molar-refractivity contribution in [1.82, 2.24) is 9.88 Å².